The van der Waals surface area contributed by atoms with Crippen molar-refractivity contribution in [2.24, 2.45) is 5.92 Å². The first kappa shape index (κ1) is 24.2. The van der Waals surface area contributed by atoms with E-state index in [9.17, 15) is 9.90 Å². The number of ketones is 1. The van der Waals surface area contributed by atoms with Crippen LogP contribution in [0.2, 0.25) is 0 Å². The number of allylic oxidation sites excluding steroid dienone is 4. The molecule has 0 aliphatic carbocycles. The number of phenolic OH excluding ortho intramolecular Hbond substituents is 1. The van der Waals surface area contributed by atoms with E-state index in [1.165, 1.54) is 11.1 Å². The molecule has 1 aromatic rings. The second-order valence-corrected chi connectivity index (χ2v) is 9.64. The molecule has 0 saturated heterocycles. The number of benzene rings is 1. The van der Waals surface area contributed by atoms with Crippen LogP contribution >= 0.6 is 0 Å². The van der Waals surface area contributed by atoms with E-state index in [0.717, 1.165) is 61.8 Å². The van der Waals surface area contributed by atoms with Gasteiger partial charge in [-0.15, -0.1) is 0 Å². The van der Waals surface area contributed by atoms with E-state index in [1.54, 1.807) is 6.07 Å². The Kier molecular flexibility index (Phi) is 8.76. The van der Waals surface area contributed by atoms with Gasteiger partial charge in [0.2, 0.25) is 0 Å². The number of carbonyl (C=O) groups is 1. The molecule has 0 aromatic heterocycles. The highest BCUT2D eigenvalue weighted by atomic mass is 16.5. The Bertz CT molecular complexity index is 799. The molecule has 166 valence electrons. The Labute approximate surface area is 183 Å². The molecule has 0 amide bonds. The van der Waals surface area contributed by atoms with Crippen LogP contribution < -0.4 is 4.74 Å². The molecule has 30 heavy (non-hydrogen) atoms. The lowest BCUT2D eigenvalue weighted by Crippen LogP contribution is -2.36. The van der Waals surface area contributed by atoms with E-state index in [-0.39, 0.29) is 11.5 Å². The molecule has 1 aliphatic heterocycles. The number of fused-ring (bicyclic) bond motifs is 1. The number of ether oxygens (including phenoxy) is 1. The maximum Gasteiger partial charge on any atom is 0.139 e. The van der Waals surface area contributed by atoms with Crippen LogP contribution in [-0.4, -0.2) is 16.5 Å². The van der Waals surface area contributed by atoms with Gasteiger partial charge in [0.15, 0.2) is 0 Å². The van der Waals surface area contributed by atoms with Crippen molar-refractivity contribution < 1.29 is 14.6 Å². The smallest absolute Gasteiger partial charge is 0.139 e. The summed E-state index contributed by atoms with van der Waals surface area (Å²) in [4.78, 5) is 12.1. The van der Waals surface area contributed by atoms with Gasteiger partial charge in [-0.05, 0) is 103 Å². The van der Waals surface area contributed by atoms with Crippen LogP contribution in [0, 0.1) is 12.8 Å². The van der Waals surface area contributed by atoms with Crippen LogP contribution in [0.5, 0.6) is 11.5 Å². The highest BCUT2D eigenvalue weighted by molar-refractivity contribution is 5.82. The third kappa shape index (κ3) is 7.34. The second-order valence-electron chi connectivity index (χ2n) is 9.64. The number of carbonyl (C=O) groups excluding carboxylic acids is 1. The molecule has 3 heteroatoms. The van der Waals surface area contributed by atoms with Crippen molar-refractivity contribution in [2.75, 3.05) is 0 Å². The molecule has 0 spiro atoms. The zero-order valence-electron chi connectivity index (χ0n) is 19.8. The van der Waals surface area contributed by atoms with Crippen LogP contribution in [0.1, 0.15) is 90.7 Å². The van der Waals surface area contributed by atoms with Gasteiger partial charge in [-0.25, -0.2) is 0 Å². The molecule has 0 bridgehead atoms. The first-order valence-corrected chi connectivity index (χ1v) is 11.4. The van der Waals surface area contributed by atoms with Crippen LogP contribution in [0.25, 0.3) is 0 Å². The molecule has 0 fully saturated rings. The molecule has 0 saturated carbocycles. The highest BCUT2D eigenvalue weighted by Crippen LogP contribution is 2.39. The fourth-order valence-electron chi connectivity index (χ4n) is 4.11. The van der Waals surface area contributed by atoms with Gasteiger partial charge in [-0.2, -0.15) is 0 Å². The van der Waals surface area contributed by atoms with Crippen LogP contribution in [-0.2, 0) is 11.2 Å². The molecule has 2 atom stereocenters. The van der Waals surface area contributed by atoms with E-state index >= 15 is 0 Å². The quantitative estimate of drug-likeness (QED) is 0.412. The summed E-state index contributed by atoms with van der Waals surface area (Å²) >= 11 is 0. The minimum absolute atomic E-state index is 0.144. The van der Waals surface area contributed by atoms with Gasteiger partial charge >= 0.3 is 0 Å². The molecule has 1 aliphatic rings. The number of phenols is 1. The fourth-order valence-corrected chi connectivity index (χ4v) is 4.11. The summed E-state index contributed by atoms with van der Waals surface area (Å²) < 4.78 is 6.38. The molecular formula is C27H40O3. The summed E-state index contributed by atoms with van der Waals surface area (Å²) in [5, 5.41) is 9.80. The molecule has 1 unspecified atom stereocenters. The maximum absolute atomic E-state index is 12.1. The summed E-state index contributed by atoms with van der Waals surface area (Å²) in [5.41, 5.74) is 4.58. The van der Waals surface area contributed by atoms with E-state index in [2.05, 4.69) is 26.8 Å². The van der Waals surface area contributed by atoms with Crippen molar-refractivity contribution in [3.8, 4) is 11.5 Å². The highest BCUT2D eigenvalue weighted by Gasteiger charge is 2.32. The van der Waals surface area contributed by atoms with E-state index in [1.807, 2.05) is 32.9 Å². The van der Waals surface area contributed by atoms with Gasteiger partial charge in [0.1, 0.15) is 22.9 Å². The van der Waals surface area contributed by atoms with Crippen molar-refractivity contribution >= 4 is 5.78 Å². The molecule has 1 N–H and O–H groups in total. The first-order valence-electron chi connectivity index (χ1n) is 11.4. The van der Waals surface area contributed by atoms with E-state index in [4.69, 9.17) is 4.74 Å². The molecular weight excluding hydrogens is 372 g/mol. The molecule has 1 aromatic carbocycles. The number of rotatable bonds is 10. The predicted octanol–water partition coefficient (Wildman–Crippen LogP) is 7.24. The van der Waals surface area contributed by atoms with Gasteiger partial charge in [-0.1, -0.05) is 30.2 Å². The average molecular weight is 413 g/mol. The van der Waals surface area contributed by atoms with Gasteiger partial charge < -0.3 is 9.84 Å². The molecule has 0 radical (unpaired) electrons. The number of aryl methyl sites for hydroxylation is 2. The van der Waals surface area contributed by atoms with Crippen molar-refractivity contribution in [1.29, 1.82) is 0 Å². The third-order valence-corrected chi connectivity index (χ3v) is 6.24. The Morgan fingerprint density at radius 1 is 1.27 bits per heavy atom. The van der Waals surface area contributed by atoms with Crippen LogP contribution in [0.3, 0.4) is 0 Å². The average Bonchev–Trinajstić information content (AvgIpc) is 2.66. The summed E-state index contributed by atoms with van der Waals surface area (Å²) in [6.07, 6.45) is 11.9. The molecule has 2 rings (SSSR count). The van der Waals surface area contributed by atoms with Gasteiger partial charge in [0.25, 0.3) is 0 Å². The number of aromatic hydroxyl groups is 1. The predicted molar refractivity (Wildman–Crippen MR) is 125 cm³/mol. The van der Waals surface area contributed by atoms with Crippen LogP contribution in [0.4, 0.5) is 0 Å². The summed E-state index contributed by atoms with van der Waals surface area (Å²) in [7, 11) is 0. The maximum atomic E-state index is 12.1. The summed E-state index contributed by atoms with van der Waals surface area (Å²) in [6.45, 7) is 12.5. The fraction of sp³-hybridized carbons (Fsp3) is 0.593. The van der Waals surface area contributed by atoms with Gasteiger partial charge in [0.05, 0.1) is 0 Å². The Balaban J connectivity index is 1.77. The van der Waals surface area contributed by atoms with Gasteiger partial charge in [-0.3, -0.25) is 4.79 Å². The zero-order chi connectivity index (χ0) is 22.3. The first-order chi connectivity index (χ1) is 14.1. The van der Waals surface area contributed by atoms with Crippen molar-refractivity contribution in [1.82, 2.24) is 0 Å². The lowest BCUT2D eigenvalue weighted by Gasteiger charge is -2.36. The van der Waals surface area contributed by atoms with Crippen LogP contribution in [0.15, 0.2) is 35.4 Å². The van der Waals surface area contributed by atoms with E-state index < -0.39 is 0 Å². The number of hydrogen-bond acceptors (Lipinski definition) is 3. The minimum Gasteiger partial charge on any atom is -0.508 e. The number of Topliss-reactive ketones (excluding diaryl/α,β-unsaturated/α-hetero) is 1. The van der Waals surface area contributed by atoms with Gasteiger partial charge in [0, 0.05) is 12.3 Å². The summed E-state index contributed by atoms with van der Waals surface area (Å²) in [5.74, 6) is 1.77. The third-order valence-electron chi connectivity index (χ3n) is 6.24. The Hall–Kier alpha value is -2.03. The lowest BCUT2D eigenvalue weighted by atomic mass is 9.87. The Morgan fingerprint density at radius 2 is 2.00 bits per heavy atom. The Morgan fingerprint density at radius 3 is 2.70 bits per heavy atom. The SMILES string of the molecule is CC(C)=CCC(=O)C(C)CCC/C(C)=C/CC[C@]1(C)CCc2cc(O)cc(C)c2O1. The standard InChI is InChI=1S/C27H40O3/c1-19(2)12-13-25(29)21(4)11-7-9-20(3)10-8-15-27(6)16-14-23-18-24(28)17-22(5)26(23)30-27/h10,12,17-18,21,28H,7-9,11,13-16H2,1-6H3/b20-10+/t21?,27-/m1/s1. The van der Waals surface area contributed by atoms with E-state index in [0.29, 0.717) is 18.0 Å². The minimum atomic E-state index is -0.155. The topological polar surface area (TPSA) is 46.5 Å². The normalized spacial score (nSPS) is 19.6. The number of hydrogen-bond donors (Lipinski definition) is 1. The molecule has 1 heterocycles. The summed E-state index contributed by atoms with van der Waals surface area (Å²) in [6, 6.07) is 3.61. The van der Waals surface area contributed by atoms with Crippen molar-refractivity contribution in [2.45, 2.75) is 98.5 Å². The monoisotopic (exact) mass is 412 g/mol. The largest absolute Gasteiger partial charge is 0.508 e. The van der Waals surface area contributed by atoms with Crippen molar-refractivity contribution in [3.63, 3.8) is 0 Å². The lowest BCUT2D eigenvalue weighted by molar-refractivity contribution is -0.121. The second kappa shape index (κ2) is 10.8. The molecule has 3 nitrogen and oxygen atoms in total. The zero-order valence-corrected chi connectivity index (χ0v) is 19.8. The van der Waals surface area contributed by atoms with Crippen molar-refractivity contribution in [3.05, 3.63) is 46.6 Å².